The minimum atomic E-state index is -2.84. The van der Waals surface area contributed by atoms with E-state index in [1.807, 2.05) is 18.2 Å². The van der Waals surface area contributed by atoms with Crippen molar-refractivity contribution in [2.45, 2.75) is 32.2 Å². The Morgan fingerprint density at radius 2 is 2.11 bits per heavy atom. The zero-order chi connectivity index (χ0) is 13.2. The fourth-order valence-corrected chi connectivity index (χ4v) is 4.75. The maximum atomic E-state index is 11.7. The molecule has 2 N–H and O–H groups in total. The topological polar surface area (TPSA) is 60.2 Å². The van der Waals surface area contributed by atoms with Crippen LogP contribution >= 0.6 is 0 Å². The maximum absolute atomic E-state index is 11.7. The number of hydrogen-bond acceptors (Lipinski definition) is 3. The fourth-order valence-electron chi connectivity index (χ4n) is 2.87. The van der Waals surface area contributed by atoms with Crippen molar-refractivity contribution in [3.05, 3.63) is 35.4 Å². The van der Waals surface area contributed by atoms with Gasteiger partial charge in [0.2, 0.25) is 0 Å². The number of rotatable bonds is 3. The number of sulfone groups is 1. The molecular weight excluding hydrogens is 246 g/mol. The van der Waals surface area contributed by atoms with Crippen LogP contribution in [0.5, 0.6) is 0 Å². The van der Waals surface area contributed by atoms with Crippen LogP contribution in [0.15, 0.2) is 24.3 Å². The predicted octanol–water partition coefficient (Wildman–Crippen LogP) is 2.07. The van der Waals surface area contributed by atoms with Gasteiger partial charge in [0.15, 0.2) is 9.84 Å². The summed E-state index contributed by atoms with van der Waals surface area (Å²) in [7, 11) is -2.84. The Morgan fingerprint density at radius 3 is 2.78 bits per heavy atom. The minimum absolute atomic E-state index is 0.233. The zero-order valence-corrected chi connectivity index (χ0v) is 11.6. The summed E-state index contributed by atoms with van der Waals surface area (Å²) in [5.41, 5.74) is 8.10. The predicted molar refractivity (Wildman–Crippen MR) is 74.1 cm³/mol. The first-order valence-electron chi connectivity index (χ1n) is 6.52. The van der Waals surface area contributed by atoms with E-state index in [-0.39, 0.29) is 11.8 Å². The van der Waals surface area contributed by atoms with Crippen molar-refractivity contribution in [3.63, 3.8) is 0 Å². The molecule has 0 aromatic heterocycles. The average molecular weight is 267 g/mol. The van der Waals surface area contributed by atoms with Crippen LogP contribution in [0.25, 0.3) is 0 Å². The first-order chi connectivity index (χ1) is 8.53. The normalized spacial score (nSPS) is 24.7. The van der Waals surface area contributed by atoms with Crippen LogP contribution in [-0.4, -0.2) is 19.9 Å². The van der Waals surface area contributed by atoms with E-state index in [1.165, 1.54) is 5.56 Å². The lowest BCUT2D eigenvalue weighted by atomic mass is 9.83. The zero-order valence-electron chi connectivity index (χ0n) is 10.8. The summed E-state index contributed by atoms with van der Waals surface area (Å²) in [5.74, 6) is 1.18. The molecule has 2 atom stereocenters. The summed E-state index contributed by atoms with van der Waals surface area (Å²) in [4.78, 5) is 0. The Morgan fingerprint density at radius 1 is 1.39 bits per heavy atom. The van der Waals surface area contributed by atoms with Crippen LogP contribution < -0.4 is 5.73 Å². The van der Waals surface area contributed by atoms with Gasteiger partial charge in [-0.1, -0.05) is 31.2 Å². The van der Waals surface area contributed by atoms with Gasteiger partial charge < -0.3 is 5.73 Å². The Labute approximate surface area is 109 Å². The summed E-state index contributed by atoms with van der Waals surface area (Å²) >= 11 is 0. The van der Waals surface area contributed by atoms with Crippen LogP contribution in [-0.2, 0) is 16.4 Å². The van der Waals surface area contributed by atoms with Crippen LogP contribution in [0.3, 0.4) is 0 Å². The van der Waals surface area contributed by atoms with Gasteiger partial charge in [0.05, 0.1) is 11.5 Å². The molecule has 2 unspecified atom stereocenters. The van der Waals surface area contributed by atoms with Gasteiger partial charge in [-0.3, -0.25) is 0 Å². The molecule has 0 bridgehead atoms. The molecule has 1 saturated heterocycles. The van der Waals surface area contributed by atoms with Crippen molar-refractivity contribution in [2.75, 3.05) is 11.5 Å². The lowest BCUT2D eigenvalue weighted by molar-refractivity contribution is 0.426. The van der Waals surface area contributed by atoms with Gasteiger partial charge in [0.25, 0.3) is 0 Å². The number of benzene rings is 1. The Kier molecular flexibility index (Phi) is 4.07. The van der Waals surface area contributed by atoms with Gasteiger partial charge in [-0.15, -0.1) is 0 Å². The highest BCUT2D eigenvalue weighted by molar-refractivity contribution is 7.91. The lowest BCUT2D eigenvalue weighted by Gasteiger charge is -2.29. The molecular formula is C14H21NO2S. The van der Waals surface area contributed by atoms with E-state index in [2.05, 4.69) is 13.0 Å². The van der Waals surface area contributed by atoms with Crippen molar-refractivity contribution in [1.82, 2.24) is 0 Å². The molecule has 1 aliphatic heterocycles. The second-order valence-electron chi connectivity index (χ2n) is 5.21. The quantitative estimate of drug-likeness (QED) is 0.912. The number of hydrogen-bond donors (Lipinski definition) is 1. The third-order valence-electron chi connectivity index (χ3n) is 3.97. The Bertz CT molecular complexity index is 510. The molecule has 1 aliphatic rings. The summed E-state index contributed by atoms with van der Waals surface area (Å²) in [5, 5.41) is 0. The second-order valence-corrected chi connectivity index (χ2v) is 7.44. The molecule has 0 radical (unpaired) electrons. The molecule has 1 aromatic carbocycles. The SMILES string of the molecule is CC(c1ccccc1CN)C1CCCS(=O)(=O)C1. The van der Waals surface area contributed by atoms with E-state index < -0.39 is 9.84 Å². The van der Waals surface area contributed by atoms with E-state index in [4.69, 9.17) is 5.73 Å². The van der Waals surface area contributed by atoms with E-state index >= 15 is 0 Å². The van der Waals surface area contributed by atoms with Gasteiger partial charge in [-0.05, 0) is 35.8 Å². The fraction of sp³-hybridized carbons (Fsp3) is 0.571. The van der Waals surface area contributed by atoms with Crippen molar-refractivity contribution in [2.24, 2.45) is 11.7 Å². The van der Waals surface area contributed by atoms with Crippen LogP contribution in [0.4, 0.5) is 0 Å². The van der Waals surface area contributed by atoms with E-state index in [0.717, 1.165) is 18.4 Å². The van der Waals surface area contributed by atoms with Gasteiger partial charge in [-0.2, -0.15) is 0 Å². The molecule has 1 heterocycles. The van der Waals surface area contributed by atoms with Crippen molar-refractivity contribution >= 4 is 9.84 Å². The summed E-state index contributed by atoms with van der Waals surface area (Å²) in [6.45, 7) is 2.64. The van der Waals surface area contributed by atoms with E-state index in [1.54, 1.807) is 0 Å². The van der Waals surface area contributed by atoms with Crippen LogP contribution in [0.2, 0.25) is 0 Å². The molecule has 18 heavy (non-hydrogen) atoms. The van der Waals surface area contributed by atoms with Gasteiger partial charge in [0, 0.05) is 6.54 Å². The molecule has 0 amide bonds. The molecule has 1 aromatic rings. The Hall–Kier alpha value is -0.870. The largest absolute Gasteiger partial charge is 0.326 e. The Balaban J connectivity index is 2.23. The molecule has 1 fully saturated rings. The summed E-state index contributed by atoms with van der Waals surface area (Å²) < 4.78 is 23.5. The number of nitrogens with two attached hydrogens (primary N) is 1. The van der Waals surface area contributed by atoms with Gasteiger partial charge in [-0.25, -0.2) is 8.42 Å². The van der Waals surface area contributed by atoms with Crippen molar-refractivity contribution in [3.8, 4) is 0 Å². The first kappa shape index (κ1) is 13.6. The molecule has 0 spiro atoms. The van der Waals surface area contributed by atoms with Gasteiger partial charge >= 0.3 is 0 Å². The van der Waals surface area contributed by atoms with Crippen LogP contribution in [0, 0.1) is 5.92 Å². The van der Waals surface area contributed by atoms with Crippen molar-refractivity contribution in [1.29, 1.82) is 0 Å². The molecule has 3 nitrogen and oxygen atoms in total. The minimum Gasteiger partial charge on any atom is -0.326 e. The molecule has 0 saturated carbocycles. The first-order valence-corrected chi connectivity index (χ1v) is 8.34. The molecule has 100 valence electrons. The highest BCUT2D eigenvalue weighted by atomic mass is 32.2. The van der Waals surface area contributed by atoms with E-state index in [9.17, 15) is 8.42 Å². The average Bonchev–Trinajstić information content (AvgIpc) is 2.36. The second kappa shape index (κ2) is 5.41. The third kappa shape index (κ3) is 2.93. The third-order valence-corrected chi connectivity index (χ3v) is 5.82. The highest BCUT2D eigenvalue weighted by Crippen LogP contribution is 2.33. The lowest BCUT2D eigenvalue weighted by Crippen LogP contribution is -2.29. The monoisotopic (exact) mass is 267 g/mol. The molecule has 4 heteroatoms. The summed E-state index contributed by atoms with van der Waals surface area (Å²) in [6, 6.07) is 8.09. The van der Waals surface area contributed by atoms with E-state index in [0.29, 0.717) is 18.1 Å². The standard InChI is InChI=1S/C14H21NO2S/c1-11(13-6-4-8-18(16,17)10-13)14-7-3-2-5-12(14)9-15/h2-3,5,7,11,13H,4,6,8-10,15H2,1H3. The van der Waals surface area contributed by atoms with Crippen molar-refractivity contribution < 1.29 is 8.42 Å². The highest BCUT2D eigenvalue weighted by Gasteiger charge is 2.29. The smallest absolute Gasteiger partial charge is 0.150 e. The summed E-state index contributed by atoms with van der Waals surface area (Å²) in [6.07, 6.45) is 1.79. The van der Waals surface area contributed by atoms with Gasteiger partial charge in [0.1, 0.15) is 0 Å². The molecule has 2 rings (SSSR count). The molecule has 0 aliphatic carbocycles. The maximum Gasteiger partial charge on any atom is 0.150 e. The van der Waals surface area contributed by atoms with Crippen LogP contribution in [0.1, 0.15) is 36.8 Å².